The molecule has 0 aliphatic rings. The SMILES string of the molecule is CCc1c(C(C)(C)C)nnc(C(C)(C)C)c1C. The maximum Gasteiger partial charge on any atom is 0.0719 e. The Morgan fingerprint density at radius 3 is 1.59 bits per heavy atom. The Bertz CT molecular complexity index is 406. The Morgan fingerprint density at radius 1 is 0.824 bits per heavy atom. The minimum absolute atomic E-state index is 0.0669. The third-order valence-electron chi connectivity index (χ3n) is 3.12. The molecule has 0 radical (unpaired) electrons. The molecule has 96 valence electrons. The molecule has 1 heterocycles. The molecule has 17 heavy (non-hydrogen) atoms. The first-order valence-electron chi connectivity index (χ1n) is 6.46. The molecule has 0 aliphatic carbocycles. The lowest BCUT2D eigenvalue weighted by molar-refractivity contribution is 0.515. The largest absolute Gasteiger partial charge is 0.155 e. The average molecular weight is 234 g/mol. The monoisotopic (exact) mass is 234 g/mol. The summed E-state index contributed by atoms with van der Waals surface area (Å²) in [4.78, 5) is 0. The van der Waals surface area contributed by atoms with Gasteiger partial charge in [-0.15, -0.1) is 0 Å². The second-order valence-corrected chi connectivity index (χ2v) is 6.85. The van der Waals surface area contributed by atoms with E-state index in [1.165, 1.54) is 11.1 Å². The molecule has 0 saturated carbocycles. The maximum absolute atomic E-state index is 4.50. The standard InChI is InChI=1S/C15H26N2/c1-9-11-10(2)12(14(3,4)5)16-17-13(11)15(6,7)8/h9H2,1-8H3. The van der Waals surface area contributed by atoms with Gasteiger partial charge in [-0.05, 0) is 24.5 Å². The van der Waals surface area contributed by atoms with Crippen molar-refractivity contribution in [2.45, 2.75) is 72.6 Å². The summed E-state index contributed by atoms with van der Waals surface area (Å²) in [5, 5.41) is 8.97. The van der Waals surface area contributed by atoms with Gasteiger partial charge in [0.15, 0.2) is 0 Å². The van der Waals surface area contributed by atoms with Gasteiger partial charge in [-0.25, -0.2) is 0 Å². The van der Waals surface area contributed by atoms with E-state index in [2.05, 4.69) is 65.6 Å². The van der Waals surface area contributed by atoms with Crippen LogP contribution in [0.15, 0.2) is 0 Å². The van der Waals surface area contributed by atoms with Crippen LogP contribution in [0.1, 0.15) is 71.0 Å². The summed E-state index contributed by atoms with van der Waals surface area (Å²) < 4.78 is 0. The van der Waals surface area contributed by atoms with Crippen molar-refractivity contribution in [1.29, 1.82) is 0 Å². The quantitative estimate of drug-likeness (QED) is 0.735. The van der Waals surface area contributed by atoms with Gasteiger partial charge in [-0.2, -0.15) is 10.2 Å². The van der Waals surface area contributed by atoms with E-state index in [1.54, 1.807) is 0 Å². The number of hydrogen-bond donors (Lipinski definition) is 0. The van der Waals surface area contributed by atoms with E-state index in [9.17, 15) is 0 Å². The van der Waals surface area contributed by atoms with Gasteiger partial charge in [0, 0.05) is 10.8 Å². The molecule has 0 aliphatic heterocycles. The maximum atomic E-state index is 4.50. The zero-order valence-corrected chi connectivity index (χ0v) is 12.6. The van der Waals surface area contributed by atoms with Crippen molar-refractivity contribution < 1.29 is 0 Å². The van der Waals surface area contributed by atoms with Crippen LogP contribution in [0, 0.1) is 6.92 Å². The Labute approximate surface area is 106 Å². The first-order valence-corrected chi connectivity index (χ1v) is 6.46. The highest BCUT2D eigenvalue weighted by Crippen LogP contribution is 2.31. The molecule has 0 saturated heterocycles. The minimum atomic E-state index is 0.0669. The van der Waals surface area contributed by atoms with Crippen LogP contribution >= 0.6 is 0 Å². The molecule has 0 amide bonds. The van der Waals surface area contributed by atoms with Gasteiger partial charge in [0.05, 0.1) is 11.4 Å². The van der Waals surface area contributed by atoms with Crippen LogP contribution < -0.4 is 0 Å². The fourth-order valence-corrected chi connectivity index (χ4v) is 2.30. The molecule has 2 heteroatoms. The summed E-state index contributed by atoms with van der Waals surface area (Å²) >= 11 is 0. The van der Waals surface area contributed by atoms with Crippen molar-refractivity contribution in [1.82, 2.24) is 10.2 Å². The summed E-state index contributed by atoms with van der Waals surface area (Å²) in [6, 6.07) is 0. The highest BCUT2D eigenvalue weighted by molar-refractivity contribution is 5.37. The van der Waals surface area contributed by atoms with E-state index < -0.39 is 0 Å². The first kappa shape index (κ1) is 14.1. The molecule has 0 fully saturated rings. The zero-order valence-electron chi connectivity index (χ0n) is 12.6. The Hall–Kier alpha value is -0.920. The number of aromatic nitrogens is 2. The van der Waals surface area contributed by atoms with Gasteiger partial charge in [0.1, 0.15) is 0 Å². The summed E-state index contributed by atoms with van der Waals surface area (Å²) in [6.07, 6.45) is 1.02. The van der Waals surface area contributed by atoms with E-state index in [0.29, 0.717) is 0 Å². The lowest BCUT2D eigenvalue weighted by Gasteiger charge is -2.26. The molecule has 1 aromatic heterocycles. The van der Waals surface area contributed by atoms with Crippen molar-refractivity contribution in [3.63, 3.8) is 0 Å². The molecular formula is C15H26N2. The Morgan fingerprint density at radius 2 is 1.24 bits per heavy atom. The van der Waals surface area contributed by atoms with Crippen LogP contribution in [0.4, 0.5) is 0 Å². The van der Waals surface area contributed by atoms with Crippen LogP contribution in [0.25, 0.3) is 0 Å². The molecule has 2 nitrogen and oxygen atoms in total. The smallest absolute Gasteiger partial charge is 0.0719 e. The third-order valence-corrected chi connectivity index (χ3v) is 3.12. The van der Waals surface area contributed by atoms with Gasteiger partial charge in [-0.3, -0.25) is 0 Å². The van der Waals surface area contributed by atoms with E-state index in [-0.39, 0.29) is 10.8 Å². The fourth-order valence-electron chi connectivity index (χ4n) is 2.30. The highest BCUT2D eigenvalue weighted by Gasteiger charge is 2.26. The van der Waals surface area contributed by atoms with Gasteiger partial charge in [0.25, 0.3) is 0 Å². The summed E-state index contributed by atoms with van der Waals surface area (Å²) in [6.45, 7) is 17.6. The molecule has 1 rings (SSSR count). The van der Waals surface area contributed by atoms with E-state index in [1.807, 2.05) is 0 Å². The molecule has 0 N–H and O–H groups in total. The van der Waals surface area contributed by atoms with E-state index >= 15 is 0 Å². The average Bonchev–Trinajstić information content (AvgIpc) is 2.13. The van der Waals surface area contributed by atoms with Crippen LogP contribution in [0.2, 0.25) is 0 Å². The van der Waals surface area contributed by atoms with Crippen LogP contribution in [0.3, 0.4) is 0 Å². The summed E-state index contributed by atoms with van der Waals surface area (Å²) in [5.41, 5.74) is 5.10. The van der Waals surface area contributed by atoms with Crippen molar-refractivity contribution >= 4 is 0 Å². The normalized spacial score (nSPS) is 12.9. The summed E-state index contributed by atoms with van der Waals surface area (Å²) in [7, 11) is 0. The Kier molecular flexibility index (Phi) is 3.66. The first-order chi connectivity index (χ1) is 7.59. The third kappa shape index (κ3) is 2.85. The molecular weight excluding hydrogens is 208 g/mol. The van der Waals surface area contributed by atoms with Gasteiger partial charge >= 0.3 is 0 Å². The van der Waals surface area contributed by atoms with Gasteiger partial charge < -0.3 is 0 Å². The topological polar surface area (TPSA) is 25.8 Å². The molecule has 0 atom stereocenters. The molecule has 0 aromatic carbocycles. The second-order valence-electron chi connectivity index (χ2n) is 6.85. The number of rotatable bonds is 1. The molecule has 1 aromatic rings. The predicted molar refractivity (Wildman–Crippen MR) is 73.5 cm³/mol. The Balaban J connectivity index is 3.49. The van der Waals surface area contributed by atoms with Crippen molar-refractivity contribution in [3.8, 4) is 0 Å². The van der Waals surface area contributed by atoms with Crippen molar-refractivity contribution in [2.75, 3.05) is 0 Å². The summed E-state index contributed by atoms with van der Waals surface area (Å²) in [5.74, 6) is 0. The van der Waals surface area contributed by atoms with Crippen molar-refractivity contribution in [3.05, 3.63) is 22.5 Å². The zero-order chi connectivity index (χ0) is 13.4. The molecule has 0 unspecified atom stereocenters. The van der Waals surface area contributed by atoms with Gasteiger partial charge in [0.2, 0.25) is 0 Å². The number of nitrogens with zero attached hydrogens (tertiary/aromatic N) is 2. The lowest BCUT2D eigenvalue weighted by Crippen LogP contribution is -2.24. The molecule has 0 bridgehead atoms. The second kappa shape index (κ2) is 4.40. The van der Waals surface area contributed by atoms with Crippen LogP contribution in [-0.2, 0) is 17.3 Å². The predicted octanol–water partition coefficient (Wildman–Crippen LogP) is 3.94. The van der Waals surface area contributed by atoms with Gasteiger partial charge in [-0.1, -0.05) is 48.5 Å². The minimum Gasteiger partial charge on any atom is -0.155 e. The van der Waals surface area contributed by atoms with E-state index in [4.69, 9.17) is 0 Å². The van der Waals surface area contributed by atoms with Crippen LogP contribution in [0.5, 0.6) is 0 Å². The lowest BCUT2D eigenvalue weighted by atomic mass is 9.82. The van der Waals surface area contributed by atoms with Crippen LogP contribution in [-0.4, -0.2) is 10.2 Å². The fraction of sp³-hybridized carbons (Fsp3) is 0.733. The van der Waals surface area contributed by atoms with Crippen molar-refractivity contribution in [2.24, 2.45) is 0 Å². The highest BCUT2D eigenvalue weighted by atomic mass is 15.1. The number of hydrogen-bond acceptors (Lipinski definition) is 2. The van der Waals surface area contributed by atoms with E-state index in [0.717, 1.165) is 17.8 Å². The molecule has 0 spiro atoms.